The normalized spacial score (nSPS) is 15.5. The molecule has 1 fully saturated rings. The Kier molecular flexibility index (Phi) is 6.73. The third kappa shape index (κ3) is 4.68. The second-order valence-corrected chi connectivity index (χ2v) is 9.34. The molecule has 2 heterocycles. The molecule has 1 aliphatic rings. The fourth-order valence-electron chi connectivity index (χ4n) is 4.35. The highest BCUT2D eigenvalue weighted by atomic mass is 32.1. The molecule has 1 saturated heterocycles. The maximum absolute atomic E-state index is 13.0. The van der Waals surface area contributed by atoms with Crippen LogP contribution in [0.2, 0.25) is 0 Å². The molecular formula is C26H30N2O2S. The van der Waals surface area contributed by atoms with Gasteiger partial charge in [-0.2, -0.15) is 0 Å². The van der Waals surface area contributed by atoms with Crippen LogP contribution in [0, 0.1) is 13.8 Å². The Hall–Kier alpha value is -2.63. The summed E-state index contributed by atoms with van der Waals surface area (Å²) < 4.78 is 5.38. The average Bonchev–Trinajstić information content (AvgIpc) is 3.09. The lowest BCUT2D eigenvalue weighted by Gasteiger charge is -2.36. The van der Waals surface area contributed by atoms with Crippen LogP contribution in [0.1, 0.15) is 57.2 Å². The van der Waals surface area contributed by atoms with E-state index in [1.54, 1.807) is 18.4 Å². The van der Waals surface area contributed by atoms with Crippen LogP contribution in [0.3, 0.4) is 0 Å². The highest BCUT2D eigenvalue weighted by molar-refractivity contribution is 7.16. The fraction of sp³-hybridized carbons (Fsp3) is 0.346. The summed E-state index contributed by atoms with van der Waals surface area (Å²) in [4.78, 5) is 16.8. The third-order valence-electron chi connectivity index (χ3n) is 6.16. The second kappa shape index (κ2) is 9.67. The van der Waals surface area contributed by atoms with Crippen LogP contribution in [0.5, 0.6) is 5.75 Å². The molecule has 4 rings (SSSR count). The minimum atomic E-state index is -0.0600. The highest BCUT2D eigenvalue weighted by Crippen LogP contribution is 2.43. The van der Waals surface area contributed by atoms with Crippen molar-refractivity contribution in [2.45, 2.75) is 39.2 Å². The first-order valence-corrected chi connectivity index (χ1v) is 11.7. The lowest BCUT2D eigenvalue weighted by atomic mass is 9.93. The number of likely N-dealkylation sites (tertiary alicyclic amines) is 1. The van der Waals surface area contributed by atoms with Crippen LogP contribution in [0.25, 0.3) is 0 Å². The lowest BCUT2D eigenvalue weighted by Crippen LogP contribution is -2.35. The Morgan fingerprint density at radius 3 is 2.32 bits per heavy atom. The standard InChI is InChI=1S/C26H30N2O2S/c1-18-19(2)31-26(27-25(29)21-10-6-4-7-11-21)23(18)24(28-16-8-5-9-17-28)20-12-14-22(30-3)15-13-20/h4,6-7,10-15,24H,5,8-9,16-17H2,1-3H3,(H,27,29). The number of benzene rings is 2. The van der Waals surface area contributed by atoms with Crippen molar-refractivity contribution < 1.29 is 9.53 Å². The number of nitrogens with one attached hydrogen (secondary N) is 1. The van der Waals surface area contributed by atoms with Crippen LogP contribution in [0.15, 0.2) is 54.6 Å². The summed E-state index contributed by atoms with van der Waals surface area (Å²) >= 11 is 1.68. The van der Waals surface area contributed by atoms with Gasteiger partial charge in [0.1, 0.15) is 10.8 Å². The van der Waals surface area contributed by atoms with E-state index in [1.165, 1.54) is 40.8 Å². The Balaban J connectivity index is 1.75. The maximum Gasteiger partial charge on any atom is 0.256 e. The number of carbonyl (C=O) groups excluding carboxylic acids is 1. The minimum Gasteiger partial charge on any atom is -0.497 e. The number of ether oxygens (including phenoxy) is 1. The summed E-state index contributed by atoms with van der Waals surface area (Å²) in [7, 11) is 1.70. The molecule has 1 aromatic heterocycles. The number of amides is 1. The van der Waals surface area contributed by atoms with Crippen molar-refractivity contribution in [1.82, 2.24) is 4.90 Å². The van der Waals surface area contributed by atoms with E-state index in [0.717, 1.165) is 23.8 Å². The predicted molar refractivity (Wildman–Crippen MR) is 128 cm³/mol. The van der Waals surface area contributed by atoms with Gasteiger partial charge in [0.2, 0.25) is 0 Å². The molecule has 0 bridgehead atoms. The molecule has 0 saturated carbocycles. The van der Waals surface area contributed by atoms with Gasteiger partial charge in [0, 0.05) is 16.0 Å². The number of aryl methyl sites for hydroxylation is 1. The van der Waals surface area contributed by atoms with E-state index in [1.807, 2.05) is 42.5 Å². The summed E-state index contributed by atoms with van der Waals surface area (Å²) in [5.41, 5.74) is 4.40. The van der Waals surface area contributed by atoms with Crippen molar-refractivity contribution in [2.24, 2.45) is 0 Å². The minimum absolute atomic E-state index is 0.0600. The molecule has 1 amide bonds. The molecule has 0 spiro atoms. The molecule has 1 N–H and O–H groups in total. The summed E-state index contributed by atoms with van der Waals surface area (Å²) in [6.45, 7) is 6.46. The Morgan fingerprint density at radius 1 is 1.00 bits per heavy atom. The number of carbonyl (C=O) groups is 1. The van der Waals surface area contributed by atoms with Crippen LogP contribution in [-0.2, 0) is 0 Å². The molecule has 0 aliphatic carbocycles. The van der Waals surface area contributed by atoms with Crippen molar-refractivity contribution in [3.63, 3.8) is 0 Å². The molecule has 2 aromatic carbocycles. The average molecular weight is 435 g/mol. The first-order valence-electron chi connectivity index (χ1n) is 10.9. The van der Waals surface area contributed by atoms with E-state index < -0.39 is 0 Å². The first-order chi connectivity index (χ1) is 15.1. The summed E-state index contributed by atoms with van der Waals surface area (Å²) in [5, 5.41) is 4.18. The quantitative estimate of drug-likeness (QED) is 0.502. The first kappa shape index (κ1) is 21.6. The number of thiophene rings is 1. The Bertz CT molecular complexity index is 1020. The predicted octanol–water partition coefficient (Wildman–Crippen LogP) is 6.20. The van der Waals surface area contributed by atoms with Gasteiger partial charge in [0.25, 0.3) is 5.91 Å². The maximum atomic E-state index is 13.0. The number of anilines is 1. The van der Waals surface area contributed by atoms with Gasteiger partial charge in [-0.1, -0.05) is 36.8 Å². The van der Waals surface area contributed by atoms with E-state index in [9.17, 15) is 4.79 Å². The monoisotopic (exact) mass is 434 g/mol. The van der Waals surface area contributed by atoms with Gasteiger partial charge in [-0.15, -0.1) is 11.3 Å². The molecule has 1 unspecified atom stereocenters. The molecule has 162 valence electrons. The number of nitrogens with zero attached hydrogens (tertiary/aromatic N) is 1. The molecule has 5 heteroatoms. The molecule has 3 aromatic rings. The van der Waals surface area contributed by atoms with Crippen LogP contribution >= 0.6 is 11.3 Å². The molecule has 4 nitrogen and oxygen atoms in total. The van der Waals surface area contributed by atoms with Gasteiger partial charge < -0.3 is 10.1 Å². The second-order valence-electron chi connectivity index (χ2n) is 8.12. The smallest absolute Gasteiger partial charge is 0.256 e. The van der Waals surface area contributed by atoms with Crippen molar-refractivity contribution in [3.05, 3.63) is 81.7 Å². The summed E-state index contributed by atoms with van der Waals surface area (Å²) in [6.07, 6.45) is 3.70. The Morgan fingerprint density at radius 2 is 1.68 bits per heavy atom. The zero-order chi connectivity index (χ0) is 21.8. The lowest BCUT2D eigenvalue weighted by molar-refractivity contribution is 0.102. The van der Waals surface area contributed by atoms with Gasteiger partial charge in [-0.25, -0.2) is 0 Å². The van der Waals surface area contributed by atoms with Gasteiger partial charge in [-0.3, -0.25) is 9.69 Å². The number of rotatable bonds is 6. The number of methoxy groups -OCH3 is 1. The van der Waals surface area contributed by atoms with Gasteiger partial charge in [-0.05, 0) is 75.2 Å². The van der Waals surface area contributed by atoms with E-state index in [4.69, 9.17) is 4.74 Å². The summed E-state index contributed by atoms with van der Waals surface area (Å²) in [5.74, 6) is 0.798. The summed E-state index contributed by atoms with van der Waals surface area (Å²) in [6, 6.07) is 17.9. The third-order valence-corrected chi connectivity index (χ3v) is 7.29. The Labute approximate surface area is 188 Å². The number of piperidine rings is 1. The van der Waals surface area contributed by atoms with E-state index in [0.29, 0.717) is 5.56 Å². The number of hydrogen-bond donors (Lipinski definition) is 1. The number of hydrogen-bond acceptors (Lipinski definition) is 4. The van der Waals surface area contributed by atoms with E-state index >= 15 is 0 Å². The molecule has 1 atom stereocenters. The molecule has 0 radical (unpaired) electrons. The van der Waals surface area contributed by atoms with E-state index in [-0.39, 0.29) is 11.9 Å². The zero-order valence-electron chi connectivity index (χ0n) is 18.5. The van der Waals surface area contributed by atoms with Crippen LogP contribution in [-0.4, -0.2) is 31.0 Å². The topological polar surface area (TPSA) is 41.6 Å². The van der Waals surface area contributed by atoms with Crippen LogP contribution < -0.4 is 10.1 Å². The zero-order valence-corrected chi connectivity index (χ0v) is 19.3. The highest BCUT2D eigenvalue weighted by Gasteiger charge is 2.30. The molecule has 31 heavy (non-hydrogen) atoms. The fourth-order valence-corrected chi connectivity index (χ4v) is 5.44. The van der Waals surface area contributed by atoms with Crippen LogP contribution in [0.4, 0.5) is 5.00 Å². The van der Waals surface area contributed by atoms with E-state index in [2.05, 4.69) is 36.2 Å². The largest absolute Gasteiger partial charge is 0.497 e. The van der Waals surface area contributed by atoms with Crippen molar-refractivity contribution >= 4 is 22.2 Å². The molecule has 1 aliphatic heterocycles. The van der Waals surface area contributed by atoms with Crippen molar-refractivity contribution in [2.75, 3.05) is 25.5 Å². The van der Waals surface area contributed by atoms with Gasteiger partial charge in [0.15, 0.2) is 0 Å². The van der Waals surface area contributed by atoms with Crippen molar-refractivity contribution in [3.8, 4) is 5.75 Å². The van der Waals surface area contributed by atoms with Gasteiger partial charge in [0.05, 0.1) is 13.2 Å². The SMILES string of the molecule is COc1ccc(C(c2c(NC(=O)c3ccccc3)sc(C)c2C)N2CCCCC2)cc1. The molecular weight excluding hydrogens is 404 g/mol. The van der Waals surface area contributed by atoms with Crippen molar-refractivity contribution in [1.29, 1.82) is 0 Å². The van der Waals surface area contributed by atoms with Gasteiger partial charge >= 0.3 is 0 Å².